The third-order valence-corrected chi connectivity index (χ3v) is 1.70. The molecule has 1 heterocycles. The van der Waals surface area contributed by atoms with Crippen molar-refractivity contribution in [2.45, 2.75) is 26.3 Å². The van der Waals surface area contributed by atoms with Crippen LogP contribution in [0.25, 0.3) is 10.4 Å². The van der Waals surface area contributed by atoms with Crippen LogP contribution in [0.1, 0.15) is 31.2 Å². The molecule has 0 radical (unpaired) electrons. The third-order valence-electron chi connectivity index (χ3n) is 1.70. The van der Waals surface area contributed by atoms with E-state index >= 15 is 0 Å². The Balaban J connectivity index is 3.00. The van der Waals surface area contributed by atoms with E-state index < -0.39 is 0 Å². The third kappa shape index (κ3) is 2.60. The van der Waals surface area contributed by atoms with E-state index in [-0.39, 0.29) is 18.4 Å². The van der Waals surface area contributed by atoms with Gasteiger partial charge >= 0.3 is 0 Å². The van der Waals surface area contributed by atoms with Gasteiger partial charge in [-0.05, 0) is 17.5 Å². The molecule has 74 valence electrons. The molecular weight excluding hydrogens is 180 g/mol. The lowest BCUT2D eigenvalue weighted by molar-refractivity contribution is 0.804. The maximum absolute atomic E-state index is 8.16. The van der Waals surface area contributed by atoms with Crippen molar-refractivity contribution >= 4 is 5.95 Å². The summed E-state index contributed by atoms with van der Waals surface area (Å²) in [6.45, 7) is 4.24. The molecule has 0 aliphatic carbocycles. The quantitative estimate of drug-likeness (QED) is 0.450. The highest BCUT2D eigenvalue weighted by Crippen LogP contribution is 2.13. The first-order valence-electron chi connectivity index (χ1n) is 4.27. The molecular formula is C8H12N6. The molecule has 0 aliphatic heterocycles. The predicted octanol–water partition coefficient (Wildman–Crippen LogP) is 1.99. The minimum absolute atomic E-state index is 0.211. The van der Waals surface area contributed by atoms with Crippen molar-refractivity contribution in [2.24, 2.45) is 5.11 Å². The molecule has 14 heavy (non-hydrogen) atoms. The Labute approximate surface area is 81.8 Å². The van der Waals surface area contributed by atoms with Gasteiger partial charge in [-0.15, -0.1) is 0 Å². The molecule has 0 atom stereocenters. The lowest BCUT2D eigenvalue weighted by Crippen LogP contribution is -2.03. The number of anilines is 1. The van der Waals surface area contributed by atoms with Crippen molar-refractivity contribution in [2.75, 3.05) is 5.73 Å². The number of azide groups is 1. The van der Waals surface area contributed by atoms with Crippen LogP contribution >= 0.6 is 0 Å². The van der Waals surface area contributed by atoms with E-state index in [2.05, 4.69) is 20.0 Å². The summed E-state index contributed by atoms with van der Waals surface area (Å²) in [4.78, 5) is 10.7. The topological polar surface area (TPSA) is 101 Å². The van der Waals surface area contributed by atoms with Crippen molar-refractivity contribution < 1.29 is 0 Å². The number of rotatable bonds is 3. The average molecular weight is 192 g/mol. The van der Waals surface area contributed by atoms with E-state index in [1.165, 1.54) is 0 Å². The van der Waals surface area contributed by atoms with E-state index in [9.17, 15) is 0 Å². The highest BCUT2D eigenvalue weighted by atomic mass is 15.1. The molecule has 1 aromatic heterocycles. The minimum atomic E-state index is 0.211. The second-order valence-electron chi connectivity index (χ2n) is 3.19. The number of nitrogens with zero attached hydrogens (tertiary/aromatic N) is 5. The smallest absolute Gasteiger partial charge is 0.220 e. The molecule has 0 bridgehead atoms. The number of hydrogen-bond donors (Lipinski definition) is 1. The molecule has 6 nitrogen and oxygen atoms in total. The molecule has 0 fully saturated rings. The summed E-state index contributed by atoms with van der Waals surface area (Å²) < 4.78 is 0. The molecule has 1 rings (SSSR count). The predicted molar refractivity (Wildman–Crippen MR) is 53.4 cm³/mol. The number of hydrogen-bond acceptors (Lipinski definition) is 4. The largest absolute Gasteiger partial charge is 0.368 e. The molecule has 0 unspecified atom stereocenters. The molecule has 0 amide bonds. The van der Waals surface area contributed by atoms with Gasteiger partial charge in [-0.2, -0.15) is 0 Å². The van der Waals surface area contributed by atoms with E-state index in [1.54, 1.807) is 6.07 Å². The van der Waals surface area contributed by atoms with Gasteiger partial charge in [0, 0.05) is 10.6 Å². The van der Waals surface area contributed by atoms with Gasteiger partial charge in [0.15, 0.2) is 0 Å². The van der Waals surface area contributed by atoms with Crippen molar-refractivity contribution in [1.82, 2.24) is 9.97 Å². The fourth-order valence-electron chi connectivity index (χ4n) is 1.02. The Morgan fingerprint density at radius 2 is 2.29 bits per heavy atom. The van der Waals surface area contributed by atoms with Crippen molar-refractivity contribution in [3.8, 4) is 0 Å². The molecule has 2 N–H and O–H groups in total. The fraction of sp³-hybridized carbons (Fsp3) is 0.500. The summed E-state index contributed by atoms with van der Waals surface area (Å²) in [7, 11) is 0. The lowest BCUT2D eigenvalue weighted by Gasteiger charge is -2.06. The molecule has 1 aromatic rings. The molecule has 0 aliphatic rings. The van der Waals surface area contributed by atoms with E-state index in [0.717, 1.165) is 5.69 Å². The maximum atomic E-state index is 8.16. The number of nitrogen functional groups attached to an aromatic ring is 1. The highest BCUT2D eigenvalue weighted by molar-refractivity contribution is 5.24. The van der Waals surface area contributed by atoms with E-state index in [1.807, 2.05) is 13.8 Å². The summed E-state index contributed by atoms with van der Waals surface area (Å²) in [5, 5.41) is 3.42. The second-order valence-corrected chi connectivity index (χ2v) is 3.19. The minimum Gasteiger partial charge on any atom is -0.368 e. The standard InChI is InChI=1S/C8H12N6/c1-5(2)7-3-6(4-11-14-10)12-8(9)13-7/h3,5H,4H2,1-2H3,(H2,9,12,13). The van der Waals surface area contributed by atoms with Gasteiger partial charge < -0.3 is 5.73 Å². The Morgan fingerprint density at radius 1 is 1.57 bits per heavy atom. The Hall–Kier alpha value is -1.81. The maximum Gasteiger partial charge on any atom is 0.220 e. The van der Waals surface area contributed by atoms with Gasteiger partial charge in [-0.3, -0.25) is 0 Å². The summed E-state index contributed by atoms with van der Waals surface area (Å²) in [5.41, 5.74) is 15.2. The van der Waals surface area contributed by atoms with Crippen LogP contribution < -0.4 is 5.73 Å². The van der Waals surface area contributed by atoms with Crippen LogP contribution in [-0.2, 0) is 6.54 Å². The van der Waals surface area contributed by atoms with Crippen LogP contribution in [0.5, 0.6) is 0 Å². The molecule has 0 spiro atoms. The molecule has 6 heteroatoms. The van der Waals surface area contributed by atoms with Gasteiger partial charge in [0.1, 0.15) is 0 Å². The number of nitrogens with two attached hydrogens (primary N) is 1. The Morgan fingerprint density at radius 3 is 2.86 bits per heavy atom. The normalized spacial score (nSPS) is 9.93. The monoisotopic (exact) mass is 192 g/mol. The van der Waals surface area contributed by atoms with Gasteiger partial charge in [-0.1, -0.05) is 19.0 Å². The van der Waals surface area contributed by atoms with E-state index in [4.69, 9.17) is 11.3 Å². The van der Waals surface area contributed by atoms with Gasteiger partial charge in [-0.25, -0.2) is 9.97 Å². The average Bonchev–Trinajstić information content (AvgIpc) is 2.14. The van der Waals surface area contributed by atoms with Crippen LogP contribution in [0.15, 0.2) is 11.2 Å². The Kier molecular flexibility index (Phi) is 3.25. The second kappa shape index (κ2) is 4.43. The lowest BCUT2D eigenvalue weighted by atomic mass is 10.1. The van der Waals surface area contributed by atoms with Crippen molar-refractivity contribution in [1.29, 1.82) is 0 Å². The highest BCUT2D eigenvalue weighted by Gasteiger charge is 2.04. The van der Waals surface area contributed by atoms with Crippen LogP contribution in [0.3, 0.4) is 0 Å². The zero-order valence-corrected chi connectivity index (χ0v) is 8.18. The van der Waals surface area contributed by atoms with Gasteiger partial charge in [0.25, 0.3) is 0 Å². The summed E-state index contributed by atoms with van der Waals surface area (Å²) in [6, 6.07) is 1.80. The first-order valence-corrected chi connectivity index (χ1v) is 4.27. The van der Waals surface area contributed by atoms with Crippen molar-refractivity contribution in [3.63, 3.8) is 0 Å². The zero-order valence-electron chi connectivity index (χ0n) is 8.18. The van der Waals surface area contributed by atoms with Gasteiger partial charge in [0.2, 0.25) is 5.95 Å². The van der Waals surface area contributed by atoms with Crippen LogP contribution in [0.4, 0.5) is 5.95 Å². The summed E-state index contributed by atoms with van der Waals surface area (Å²) >= 11 is 0. The van der Waals surface area contributed by atoms with Crippen LogP contribution in [-0.4, -0.2) is 9.97 Å². The molecule has 0 saturated carbocycles. The summed E-state index contributed by atoms with van der Waals surface area (Å²) in [5.74, 6) is 0.504. The fourth-order valence-corrected chi connectivity index (χ4v) is 1.02. The van der Waals surface area contributed by atoms with Crippen LogP contribution in [0.2, 0.25) is 0 Å². The first-order chi connectivity index (χ1) is 6.63. The molecule has 0 aromatic carbocycles. The zero-order chi connectivity index (χ0) is 10.6. The van der Waals surface area contributed by atoms with Crippen molar-refractivity contribution in [3.05, 3.63) is 27.9 Å². The van der Waals surface area contributed by atoms with E-state index in [0.29, 0.717) is 5.69 Å². The first kappa shape index (κ1) is 10.3. The Bertz CT molecular complexity index is 366. The summed E-state index contributed by atoms with van der Waals surface area (Å²) in [6.07, 6.45) is 0. The SMILES string of the molecule is CC(C)c1cc(CN=[N+]=[N-])nc(N)n1. The van der Waals surface area contributed by atoms with Gasteiger partial charge in [0.05, 0.1) is 12.2 Å². The molecule has 0 saturated heterocycles. The van der Waals surface area contributed by atoms with Crippen LogP contribution in [0, 0.1) is 0 Å². The number of aromatic nitrogens is 2.